The average Bonchev–Trinajstić information content (AvgIpc) is 3.63. The van der Waals surface area contributed by atoms with E-state index in [-0.39, 0.29) is 14.9 Å². The molecule has 2 radical (unpaired) electrons. The molecule has 7 aromatic carbocycles. The molecule has 7 rings (SSSR count). The smallest absolute Gasteiger partial charge is 0.0259 e. The molecule has 41 heavy (non-hydrogen) atoms. The summed E-state index contributed by atoms with van der Waals surface area (Å²) in [7, 11) is 0. The van der Waals surface area contributed by atoms with E-state index >= 15 is 0 Å². The third-order valence-electron chi connectivity index (χ3n) is 6.92. The Balaban J connectivity index is 0.000000209. The van der Waals surface area contributed by atoms with Crippen molar-refractivity contribution in [2.24, 2.45) is 0 Å². The SMILES string of the molecule is Cc1cc2c(-c3ccccc3)cccc2[cH-]1.[CH3-].[CH3-].[Si]=[Zr].c1ccc(-c2cc3c(-c4ccccc4)cccc3[cH-]2)cc1. The molecule has 0 atom stereocenters. The molecule has 0 nitrogen and oxygen atoms in total. The molecule has 0 fully saturated rings. The molecule has 0 aliphatic rings. The van der Waals surface area contributed by atoms with Crippen LogP contribution in [0.1, 0.15) is 5.56 Å². The van der Waals surface area contributed by atoms with Crippen molar-refractivity contribution >= 4 is 28.4 Å². The van der Waals surface area contributed by atoms with Crippen molar-refractivity contribution in [3.63, 3.8) is 0 Å². The van der Waals surface area contributed by atoms with Crippen molar-refractivity contribution in [2.45, 2.75) is 6.92 Å². The van der Waals surface area contributed by atoms with Crippen LogP contribution in [0.5, 0.6) is 0 Å². The quantitative estimate of drug-likeness (QED) is 0.136. The Morgan fingerprint density at radius 3 is 1.37 bits per heavy atom. The molecule has 0 aliphatic carbocycles. The van der Waals surface area contributed by atoms with Gasteiger partial charge < -0.3 is 14.9 Å². The Kier molecular flexibility index (Phi) is 12.0. The Hall–Kier alpha value is -3.58. The fraction of sp³-hybridized carbons (Fsp3) is 0.0256. The third kappa shape index (κ3) is 7.39. The van der Waals surface area contributed by atoms with Crippen molar-refractivity contribution in [1.82, 2.24) is 0 Å². The normalized spacial score (nSPS) is 9.85. The second kappa shape index (κ2) is 15.4. The van der Waals surface area contributed by atoms with Gasteiger partial charge in [0, 0.05) is 0 Å². The molecule has 0 aromatic heterocycles. The first kappa shape index (κ1) is 31.9. The van der Waals surface area contributed by atoms with Gasteiger partial charge in [0.2, 0.25) is 0 Å². The van der Waals surface area contributed by atoms with Gasteiger partial charge in [0.1, 0.15) is 0 Å². The van der Waals surface area contributed by atoms with E-state index in [0.29, 0.717) is 0 Å². The first-order chi connectivity index (χ1) is 19.3. The molecule has 0 heterocycles. The zero-order valence-corrected chi connectivity index (χ0v) is 27.4. The topological polar surface area (TPSA) is 0 Å². The van der Waals surface area contributed by atoms with Crippen LogP contribution in [0.25, 0.3) is 54.9 Å². The summed E-state index contributed by atoms with van der Waals surface area (Å²) >= 11 is 1.36. The van der Waals surface area contributed by atoms with Crippen molar-refractivity contribution in [2.75, 3.05) is 0 Å². The second-order valence-corrected chi connectivity index (χ2v) is 9.49. The third-order valence-corrected chi connectivity index (χ3v) is 6.92. The number of hydrogen-bond donors (Lipinski definition) is 0. The number of rotatable bonds is 3. The maximum atomic E-state index is 3.06. The maximum absolute atomic E-state index is 3.06. The Labute approximate surface area is 262 Å². The molecule has 0 saturated heterocycles. The summed E-state index contributed by atoms with van der Waals surface area (Å²) in [5, 5.41) is 5.31. The zero-order valence-electron chi connectivity index (χ0n) is 23.9. The first-order valence-electron chi connectivity index (χ1n) is 13.0. The molecule has 0 N–H and O–H groups in total. The van der Waals surface area contributed by atoms with Crippen molar-refractivity contribution < 1.29 is 23.3 Å². The second-order valence-electron chi connectivity index (χ2n) is 9.49. The van der Waals surface area contributed by atoms with Crippen molar-refractivity contribution in [1.29, 1.82) is 0 Å². The fourth-order valence-electron chi connectivity index (χ4n) is 5.16. The molecule has 0 aliphatic heterocycles. The van der Waals surface area contributed by atoms with E-state index in [4.69, 9.17) is 0 Å². The van der Waals surface area contributed by atoms with Gasteiger partial charge in [-0.1, -0.05) is 133 Å². The summed E-state index contributed by atoms with van der Waals surface area (Å²) in [5.74, 6) is 0. The number of benzene rings is 5. The number of fused-ring (bicyclic) bond motifs is 2. The van der Waals surface area contributed by atoms with E-state index < -0.39 is 0 Å². The summed E-state index contributed by atoms with van der Waals surface area (Å²) in [6, 6.07) is 53.8. The minimum atomic E-state index is 0. The van der Waals surface area contributed by atoms with Gasteiger partial charge in [-0.15, -0.1) is 69.1 Å². The molecular formula is C39H34SiZr-4. The zero-order chi connectivity index (χ0) is 27.0. The monoisotopic (exact) mass is 620 g/mol. The van der Waals surface area contributed by atoms with Crippen molar-refractivity contribution in [3.05, 3.63) is 172 Å². The van der Waals surface area contributed by atoms with Crippen LogP contribution in [0, 0.1) is 21.8 Å². The largest absolute Gasteiger partial charge is 0.144 e. The summed E-state index contributed by atoms with van der Waals surface area (Å²) in [4.78, 5) is 0. The Morgan fingerprint density at radius 1 is 0.463 bits per heavy atom. The summed E-state index contributed by atoms with van der Waals surface area (Å²) in [5.41, 5.74) is 9.08. The molecule has 7 aromatic rings. The van der Waals surface area contributed by atoms with Crippen LogP contribution in [0.2, 0.25) is 0 Å². The van der Waals surface area contributed by atoms with E-state index in [1.165, 1.54) is 83.8 Å². The first-order valence-corrected chi connectivity index (χ1v) is 17.2. The van der Waals surface area contributed by atoms with Crippen LogP contribution < -0.4 is 0 Å². The Bertz CT molecular complexity index is 1780. The van der Waals surface area contributed by atoms with E-state index in [1.807, 2.05) is 0 Å². The Morgan fingerprint density at radius 2 is 0.878 bits per heavy atom. The molecular weight excluding hydrogens is 588 g/mol. The average molecular weight is 622 g/mol. The van der Waals surface area contributed by atoms with Gasteiger partial charge in [0.25, 0.3) is 0 Å². The minimum Gasteiger partial charge on any atom is -0.144 e. The minimum absolute atomic E-state index is 0. The van der Waals surface area contributed by atoms with Gasteiger partial charge in [-0.3, -0.25) is 0 Å². The van der Waals surface area contributed by atoms with Crippen molar-refractivity contribution in [3.8, 4) is 33.4 Å². The number of hydrogen-bond acceptors (Lipinski definition) is 0. The summed E-state index contributed by atoms with van der Waals surface area (Å²) in [6.07, 6.45) is 0. The van der Waals surface area contributed by atoms with Crippen LogP contribution in [-0.2, 0) is 23.3 Å². The van der Waals surface area contributed by atoms with E-state index in [0.717, 1.165) is 0 Å². The maximum Gasteiger partial charge on any atom is -0.0259 e. The van der Waals surface area contributed by atoms with E-state index in [9.17, 15) is 0 Å². The predicted molar refractivity (Wildman–Crippen MR) is 179 cm³/mol. The van der Waals surface area contributed by atoms with Crippen LogP contribution in [0.15, 0.2) is 152 Å². The molecule has 0 bridgehead atoms. The van der Waals surface area contributed by atoms with Crippen LogP contribution in [-0.4, -0.2) is 6.88 Å². The molecule has 0 amide bonds. The van der Waals surface area contributed by atoms with Gasteiger partial charge in [0.15, 0.2) is 0 Å². The van der Waals surface area contributed by atoms with Crippen LogP contribution >= 0.6 is 0 Å². The predicted octanol–water partition coefficient (Wildman–Crippen LogP) is 10.9. The summed E-state index contributed by atoms with van der Waals surface area (Å²) < 4.78 is 0. The molecule has 0 saturated carbocycles. The molecule has 0 spiro atoms. The van der Waals surface area contributed by atoms with E-state index in [1.54, 1.807) is 0 Å². The fourth-order valence-corrected chi connectivity index (χ4v) is 5.16. The van der Waals surface area contributed by atoms with E-state index in [2.05, 4.69) is 165 Å². The van der Waals surface area contributed by atoms with Gasteiger partial charge in [-0.05, 0) is 11.1 Å². The van der Waals surface area contributed by atoms with Gasteiger partial charge in [-0.25, -0.2) is 0 Å². The van der Waals surface area contributed by atoms with Crippen LogP contribution in [0.4, 0.5) is 0 Å². The molecule has 202 valence electrons. The number of aryl methyl sites for hydroxylation is 1. The van der Waals surface area contributed by atoms with Gasteiger partial charge >= 0.3 is 30.2 Å². The molecule has 0 unspecified atom stereocenters. The van der Waals surface area contributed by atoms with Crippen LogP contribution in [0.3, 0.4) is 0 Å². The molecule has 2 heteroatoms. The van der Waals surface area contributed by atoms with Gasteiger partial charge in [-0.2, -0.15) is 6.07 Å². The van der Waals surface area contributed by atoms with Gasteiger partial charge in [0.05, 0.1) is 0 Å². The summed E-state index contributed by atoms with van der Waals surface area (Å²) in [6.45, 7) is 5.21. The standard InChI is InChI=1S/C21H15.C16H13.2CH3.Si.Zr/c1-3-8-16(9-4-1)19-14-18-12-7-13-20(21(18)15-19)17-10-5-2-6-11-17;1-12-10-14-8-5-9-15(16(14)11-12)13-6-3-2-4-7-13;;;;/h1-15H;2-11H,1H3;2*1H3;;/q4*-1;;.